The maximum absolute atomic E-state index is 14.4. The molecule has 3 aliphatic rings. The monoisotopic (exact) mass is 763 g/mol. The van der Waals surface area contributed by atoms with E-state index in [0.717, 1.165) is 58.1 Å². The summed E-state index contributed by atoms with van der Waals surface area (Å²) >= 11 is 0. The molecule has 2 aliphatic carbocycles. The zero-order valence-corrected chi connectivity index (χ0v) is 31.5. The molecule has 3 aromatic carbocycles. The number of hydrogen-bond acceptors (Lipinski definition) is 10. The number of aromatic hydroxyl groups is 2. The van der Waals surface area contributed by atoms with Gasteiger partial charge >= 0.3 is 5.97 Å². The number of aromatic amines is 1. The lowest BCUT2D eigenvalue weighted by molar-refractivity contribution is -0.155. The molecule has 56 heavy (non-hydrogen) atoms. The van der Waals surface area contributed by atoms with Gasteiger partial charge < -0.3 is 44.7 Å². The van der Waals surface area contributed by atoms with Gasteiger partial charge in [0.25, 0.3) is 0 Å². The van der Waals surface area contributed by atoms with E-state index >= 15 is 0 Å². The Morgan fingerprint density at radius 3 is 2.57 bits per heavy atom. The zero-order chi connectivity index (χ0) is 39.3. The van der Waals surface area contributed by atoms with Gasteiger partial charge in [0.1, 0.15) is 24.9 Å². The number of aliphatic hydroxyl groups is 3. The summed E-state index contributed by atoms with van der Waals surface area (Å²) in [7, 11) is 1.50. The van der Waals surface area contributed by atoms with E-state index < -0.39 is 18.2 Å². The lowest BCUT2D eigenvalue weighted by Gasteiger charge is -2.39. The number of nitrogens with one attached hydrogen (secondary N) is 1. The molecule has 6 atom stereocenters. The minimum absolute atomic E-state index is 0.00156. The van der Waals surface area contributed by atoms with Crippen LogP contribution in [0.4, 0.5) is 0 Å². The van der Waals surface area contributed by atoms with Crippen molar-refractivity contribution >= 4 is 28.2 Å². The number of para-hydroxylation sites is 1. The Hall–Kier alpha value is -5.28. The van der Waals surface area contributed by atoms with Crippen LogP contribution in [0.5, 0.6) is 23.0 Å². The second-order valence-corrected chi connectivity index (χ2v) is 15.2. The van der Waals surface area contributed by atoms with Crippen LogP contribution in [-0.4, -0.2) is 81.4 Å². The summed E-state index contributed by atoms with van der Waals surface area (Å²) in [5, 5.41) is 53.3. The summed E-state index contributed by atoms with van der Waals surface area (Å²) in [5.74, 6) is 5.53. The topological polar surface area (TPSA) is 179 Å². The number of allylic oxidation sites excluding steroid dienone is 1. The van der Waals surface area contributed by atoms with Crippen LogP contribution >= 0.6 is 0 Å². The van der Waals surface area contributed by atoms with Gasteiger partial charge in [0, 0.05) is 48.8 Å². The number of phenolic OH excluding ortho intramolecular Hbond substituents is 2. The van der Waals surface area contributed by atoms with E-state index in [2.05, 4.69) is 22.9 Å². The highest BCUT2D eigenvalue weighted by molar-refractivity contribution is 5.94. The normalized spacial score (nSPS) is 23.1. The molecule has 1 saturated carbocycles. The number of carbonyl (C=O) groups is 2. The van der Waals surface area contributed by atoms with Crippen LogP contribution in [0.15, 0.2) is 60.7 Å². The van der Waals surface area contributed by atoms with Gasteiger partial charge in [-0.05, 0) is 102 Å². The Bertz CT molecular complexity index is 2180. The van der Waals surface area contributed by atoms with Crippen molar-refractivity contribution in [3.05, 3.63) is 88.6 Å². The summed E-state index contributed by atoms with van der Waals surface area (Å²) < 4.78 is 16.9. The largest absolute Gasteiger partial charge is 0.504 e. The third-order valence-electron chi connectivity index (χ3n) is 11.7. The van der Waals surface area contributed by atoms with Crippen molar-refractivity contribution in [3.63, 3.8) is 0 Å². The molecule has 6 N–H and O–H groups in total. The molecule has 1 fully saturated rings. The number of rotatable bonds is 9. The van der Waals surface area contributed by atoms with E-state index in [-0.39, 0.29) is 98.0 Å². The molecular weight excluding hydrogens is 714 g/mol. The number of methoxy groups -OCH3 is 1. The number of benzene rings is 3. The number of hydrogen-bond donors (Lipinski definition) is 6. The molecule has 0 amide bonds. The predicted molar refractivity (Wildman–Crippen MR) is 209 cm³/mol. The summed E-state index contributed by atoms with van der Waals surface area (Å²) in [6.45, 7) is -0.212. The molecule has 1 aromatic heterocycles. The fourth-order valence-electron chi connectivity index (χ4n) is 8.98. The molecule has 294 valence electrons. The minimum Gasteiger partial charge on any atom is -0.504 e. The number of esters is 1. The number of aliphatic hydroxyl groups excluding tert-OH is 3. The molecule has 0 radical (unpaired) electrons. The smallest absolute Gasteiger partial charge is 0.318 e. The molecule has 2 heterocycles. The van der Waals surface area contributed by atoms with Crippen molar-refractivity contribution in [2.24, 2.45) is 17.8 Å². The van der Waals surface area contributed by atoms with Gasteiger partial charge in [0.2, 0.25) is 0 Å². The molecule has 11 nitrogen and oxygen atoms in total. The number of Topliss-reactive ketones (excluding diaryl/α,β-unsaturated/α-hetero) is 1. The summed E-state index contributed by atoms with van der Waals surface area (Å²) in [5.41, 5.74) is 5.86. The van der Waals surface area contributed by atoms with E-state index in [1.807, 2.05) is 30.3 Å². The fraction of sp³-hybridized carbons (Fsp3) is 0.422. The van der Waals surface area contributed by atoms with Gasteiger partial charge in [-0.2, -0.15) is 0 Å². The maximum atomic E-state index is 14.4. The molecule has 0 spiro atoms. The number of H-pyrrole nitrogens is 1. The summed E-state index contributed by atoms with van der Waals surface area (Å²) in [6.07, 6.45) is 2.92. The highest BCUT2D eigenvalue weighted by Gasteiger charge is 2.41. The molecule has 11 heteroatoms. The summed E-state index contributed by atoms with van der Waals surface area (Å²) in [4.78, 5) is 31.4. The average molecular weight is 764 g/mol. The summed E-state index contributed by atoms with van der Waals surface area (Å²) in [6, 6.07) is 16.1. The van der Waals surface area contributed by atoms with Crippen molar-refractivity contribution in [2.45, 2.75) is 75.9 Å². The molecular formula is C45H49NO10. The van der Waals surface area contributed by atoms with Crippen LogP contribution < -0.4 is 9.47 Å². The highest BCUT2D eigenvalue weighted by atomic mass is 16.6. The Morgan fingerprint density at radius 2 is 1.77 bits per heavy atom. The van der Waals surface area contributed by atoms with E-state index in [4.69, 9.17) is 14.2 Å². The Labute approximate surface area is 325 Å². The first kappa shape index (κ1) is 39.0. The van der Waals surface area contributed by atoms with Gasteiger partial charge in [-0.1, -0.05) is 42.2 Å². The van der Waals surface area contributed by atoms with Crippen LogP contribution in [0.3, 0.4) is 0 Å². The highest BCUT2D eigenvalue weighted by Crippen LogP contribution is 2.53. The molecule has 7 rings (SSSR count). The standard InChI is InChI=1S/C45H49NO10/c1-54-41-25-35-33-22-29(49)23-43(39(51)19-27-11-13-38(50)42(20-27)55-17-16-48)56-44(53)9-5-3-7-31-30-6-2-4-8-37(30)46-45(31)36(34(35)24-40(41)52)21-28-12-10-26(14-15-47)18-32(28)33/h2,4,6,8,11,13,20-21,24-26,28,32-33,39,43,46-48,50-52H,7,9-10,12,14-19,22-23H2,1H3/t26-,28+,32+,33+,39+,43-/m0/s1. The Kier molecular flexibility index (Phi) is 12.0. The van der Waals surface area contributed by atoms with Gasteiger partial charge in [-0.15, -0.1) is 0 Å². The third kappa shape index (κ3) is 8.28. The van der Waals surface area contributed by atoms with E-state index in [1.54, 1.807) is 18.2 Å². The minimum atomic E-state index is -1.29. The van der Waals surface area contributed by atoms with Crippen LogP contribution in [0.1, 0.15) is 78.8 Å². The van der Waals surface area contributed by atoms with Gasteiger partial charge in [-0.25, -0.2) is 0 Å². The van der Waals surface area contributed by atoms with Crippen molar-refractivity contribution in [2.75, 3.05) is 26.9 Å². The van der Waals surface area contributed by atoms with Crippen molar-refractivity contribution in [1.29, 1.82) is 0 Å². The maximum Gasteiger partial charge on any atom is 0.318 e. The number of carbonyl (C=O) groups excluding carboxylic acids is 2. The van der Waals surface area contributed by atoms with Crippen molar-refractivity contribution < 1.29 is 49.3 Å². The SMILES string of the molecule is COc1cc2c(cc1O)C1=C[C@H]3CC[C@@H](CCO)C[C@H]3[C@H]2CC(=O)C[C@@H]([C@H](O)Cc2ccc(O)c(OCCO)c2)OC(=O)CC#CCc2c1[nH]c1ccccc21. The first-order valence-electron chi connectivity index (χ1n) is 19.4. The lowest BCUT2D eigenvalue weighted by Crippen LogP contribution is -2.36. The van der Waals surface area contributed by atoms with Gasteiger partial charge in [-0.3, -0.25) is 9.59 Å². The molecule has 4 aromatic rings. The number of ether oxygens (including phenoxy) is 3. The van der Waals surface area contributed by atoms with E-state index in [9.17, 15) is 35.1 Å². The number of ketones is 1. The first-order valence-corrected chi connectivity index (χ1v) is 19.4. The average Bonchev–Trinajstić information content (AvgIpc) is 3.50. The Balaban J connectivity index is 1.34. The first-order chi connectivity index (χ1) is 27.2. The van der Waals surface area contributed by atoms with Crippen LogP contribution in [0.25, 0.3) is 16.5 Å². The lowest BCUT2D eigenvalue weighted by atomic mass is 9.65. The van der Waals surface area contributed by atoms with Crippen LogP contribution in [0, 0.1) is 29.6 Å². The second kappa shape index (κ2) is 17.2. The number of fused-ring (bicyclic) bond motifs is 6. The zero-order valence-electron chi connectivity index (χ0n) is 31.5. The Morgan fingerprint density at radius 1 is 0.946 bits per heavy atom. The van der Waals surface area contributed by atoms with Crippen molar-refractivity contribution in [1.82, 2.24) is 4.98 Å². The number of cyclic esters (lactones) is 1. The number of phenols is 2. The van der Waals surface area contributed by atoms with E-state index in [0.29, 0.717) is 18.4 Å². The van der Waals surface area contributed by atoms with Gasteiger partial charge in [0.05, 0.1) is 25.5 Å². The second-order valence-electron chi connectivity index (χ2n) is 15.2. The van der Waals surface area contributed by atoms with Crippen LogP contribution in [0.2, 0.25) is 0 Å². The number of aromatic nitrogens is 1. The van der Waals surface area contributed by atoms with Gasteiger partial charge in [0.15, 0.2) is 23.0 Å². The molecule has 2 bridgehead atoms. The molecule has 1 aliphatic heterocycles. The molecule has 0 unspecified atom stereocenters. The third-order valence-corrected chi connectivity index (χ3v) is 11.7. The predicted octanol–water partition coefficient (Wildman–Crippen LogP) is 5.72. The van der Waals surface area contributed by atoms with Crippen LogP contribution in [-0.2, 0) is 27.2 Å². The van der Waals surface area contributed by atoms with E-state index in [1.165, 1.54) is 13.2 Å². The quantitative estimate of drug-likeness (QED) is 0.0913. The molecule has 0 saturated heterocycles. The van der Waals surface area contributed by atoms with Crippen molar-refractivity contribution in [3.8, 4) is 34.8 Å². The fourth-order valence-corrected chi connectivity index (χ4v) is 8.98.